The van der Waals surface area contributed by atoms with Gasteiger partial charge in [-0.05, 0) is 6.07 Å². The van der Waals surface area contributed by atoms with E-state index in [1.807, 2.05) is 24.3 Å². The Morgan fingerprint density at radius 1 is 1.31 bits per heavy atom. The lowest BCUT2D eigenvalue weighted by Gasteiger charge is -2.14. The number of rotatable bonds is 7. The summed E-state index contributed by atoms with van der Waals surface area (Å²) in [5.41, 5.74) is 1.03. The molecule has 0 heterocycles. The van der Waals surface area contributed by atoms with E-state index in [4.69, 9.17) is 13.9 Å². The zero-order valence-electron chi connectivity index (χ0n) is 9.81. The minimum absolute atomic E-state index is 0.150. The van der Waals surface area contributed by atoms with E-state index < -0.39 is 9.76 Å². The van der Waals surface area contributed by atoms with Crippen LogP contribution in [0.25, 0.3) is 6.08 Å². The second-order valence-corrected chi connectivity index (χ2v) is 4.55. The van der Waals surface area contributed by atoms with Crippen LogP contribution in [0.1, 0.15) is 5.56 Å². The van der Waals surface area contributed by atoms with Gasteiger partial charge in [-0.1, -0.05) is 30.9 Å². The van der Waals surface area contributed by atoms with E-state index in [1.54, 1.807) is 20.3 Å². The summed E-state index contributed by atoms with van der Waals surface area (Å²) in [6.45, 7) is 3.75. The first kappa shape index (κ1) is 13.0. The van der Waals surface area contributed by atoms with Crippen LogP contribution < -0.4 is 4.43 Å². The van der Waals surface area contributed by atoms with E-state index >= 15 is 0 Å². The topological polar surface area (TPSA) is 27.7 Å². The summed E-state index contributed by atoms with van der Waals surface area (Å²) in [6.07, 6.45) is 1.65. The van der Waals surface area contributed by atoms with Gasteiger partial charge in [0, 0.05) is 25.8 Å². The Morgan fingerprint density at radius 2 is 2.00 bits per heavy atom. The first-order chi connectivity index (χ1) is 7.81. The first-order valence-corrected chi connectivity index (χ1v) is 6.79. The first-order valence-electron chi connectivity index (χ1n) is 5.21. The van der Waals surface area contributed by atoms with Crippen molar-refractivity contribution in [1.29, 1.82) is 0 Å². The van der Waals surface area contributed by atoms with Crippen molar-refractivity contribution < 1.29 is 13.9 Å². The molecule has 0 atom stereocenters. The Morgan fingerprint density at radius 3 is 2.62 bits per heavy atom. The van der Waals surface area contributed by atoms with Gasteiger partial charge in [-0.2, -0.15) is 0 Å². The minimum atomic E-state index is -0.685. The third-order valence-corrected chi connectivity index (χ3v) is 3.50. The van der Waals surface area contributed by atoms with E-state index in [1.165, 1.54) is 0 Å². The van der Waals surface area contributed by atoms with Gasteiger partial charge in [-0.3, -0.25) is 0 Å². The molecule has 0 spiro atoms. The normalized spacial score (nSPS) is 11.2. The Hall–Kier alpha value is -1.10. The van der Waals surface area contributed by atoms with Gasteiger partial charge >= 0.3 is 0 Å². The molecule has 1 aromatic rings. The summed E-state index contributed by atoms with van der Waals surface area (Å²) >= 11 is 0. The number of hydrogen-bond donors (Lipinski definition) is 0. The molecule has 0 N–H and O–H groups in total. The zero-order chi connectivity index (χ0) is 11.8. The van der Waals surface area contributed by atoms with E-state index in [0.717, 1.165) is 17.4 Å². The molecule has 0 amide bonds. The molecule has 0 aliphatic carbocycles. The van der Waals surface area contributed by atoms with Gasteiger partial charge in [-0.15, -0.1) is 0 Å². The number of para-hydroxylation sites is 1. The number of benzene rings is 1. The van der Waals surface area contributed by atoms with Crippen molar-refractivity contribution in [3.63, 3.8) is 0 Å². The smallest absolute Gasteiger partial charge is 0.224 e. The maximum absolute atomic E-state index is 5.77. The molecule has 0 unspecified atom stereocenters. The van der Waals surface area contributed by atoms with Crippen molar-refractivity contribution in [1.82, 2.24) is 0 Å². The fourth-order valence-corrected chi connectivity index (χ4v) is 2.64. The lowest BCUT2D eigenvalue weighted by Crippen LogP contribution is -2.18. The summed E-state index contributed by atoms with van der Waals surface area (Å²) in [5, 5.41) is 0. The summed E-state index contributed by atoms with van der Waals surface area (Å²) in [7, 11) is 2.59. The molecular formula is C12H18O3Si. The molecule has 88 valence electrons. The van der Waals surface area contributed by atoms with Crippen LogP contribution in [0.4, 0.5) is 0 Å². The maximum atomic E-state index is 5.77. The highest BCUT2D eigenvalue weighted by Crippen LogP contribution is 2.18. The molecular weight excluding hydrogens is 220 g/mol. The highest BCUT2D eigenvalue weighted by Gasteiger charge is 2.06. The van der Waals surface area contributed by atoms with Gasteiger partial charge in [-0.25, -0.2) is 0 Å². The predicted molar refractivity (Wildman–Crippen MR) is 68.3 cm³/mol. The fourth-order valence-electron chi connectivity index (χ4n) is 1.38. The van der Waals surface area contributed by atoms with Crippen molar-refractivity contribution in [2.45, 2.75) is 12.3 Å². The number of ether oxygens (including phenoxy) is 2. The van der Waals surface area contributed by atoms with Crippen LogP contribution in [-0.4, -0.2) is 30.3 Å². The highest BCUT2D eigenvalue weighted by atomic mass is 28.2. The Bertz CT molecular complexity index is 324. The van der Waals surface area contributed by atoms with Crippen LogP contribution in [0.15, 0.2) is 30.8 Å². The lowest BCUT2D eigenvalue weighted by molar-refractivity contribution is -0.0883. The lowest BCUT2D eigenvalue weighted by atomic mass is 10.2. The van der Waals surface area contributed by atoms with Crippen molar-refractivity contribution >= 4 is 15.8 Å². The van der Waals surface area contributed by atoms with Crippen molar-refractivity contribution in [2.75, 3.05) is 14.2 Å². The summed E-state index contributed by atoms with van der Waals surface area (Å²) < 4.78 is 16.0. The number of methoxy groups -OCH3 is 2. The van der Waals surface area contributed by atoms with Gasteiger partial charge in [0.1, 0.15) is 5.75 Å². The largest absolute Gasteiger partial charge is 0.549 e. The van der Waals surface area contributed by atoms with Crippen LogP contribution in [0.3, 0.4) is 0 Å². The standard InChI is InChI=1S/C12H18O3Si/c1-4-10-7-5-6-8-11(10)15-16-9-12(13-2)14-3/h4-8,12H,1,9,16H2,2-3H3. The Kier molecular flexibility index (Phi) is 5.85. The zero-order valence-corrected chi connectivity index (χ0v) is 11.2. The number of hydrogen-bond acceptors (Lipinski definition) is 3. The van der Waals surface area contributed by atoms with Crippen LogP contribution in [0.2, 0.25) is 6.04 Å². The molecule has 1 aromatic carbocycles. The third-order valence-electron chi connectivity index (χ3n) is 2.28. The molecule has 3 nitrogen and oxygen atoms in total. The molecule has 0 fully saturated rings. The molecule has 16 heavy (non-hydrogen) atoms. The molecule has 1 rings (SSSR count). The SMILES string of the molecule is C=Cc1ccccc1O[SiH2]CC(OC)OC. The van der Waals surface area contributed by atoms with Crippen LogP contribution in [0.5, 0.6) is 5.75 Å². The van der Waals surface area contributed by atoms with Crippen molar-refractivity contribution in [3.05, 3.63) is 36.4 Å². The second kappa shape index (κ2) is 7.22. The molecule has 0 saturated carbocycles. The average molecular weight is 238 g/mol. The van der Waals surface area contributed by atoms with Gasteiger partial charge < -0.3 is 13.9 Å². The quantitative estimate of drug-likeness (QED) is 0.536. The van der Waals surface area contributed by atoms with Crippen LogP contribution in [-0.2, 0) is 9.47 Å². The van der Waals surface area contributed by atoms with Gasteiger partial charge in [0.15, 0.2) is 6.29 Å². The van der Waals surface area contributed by atoms with Crippen molar-refractivity contribution in [3.8, 4) is 5.75 Å². The third kappa shape index (κ3) is 3.81. The highest BCUT2D eigenvalue weighted by molar-refractivity contribution is 6.28. The fraction of sp³-hybridized carbons (Fsp3) is 0.333. The van der Waals surface area contributed by atoms with Crippen LogP contribution >= 0.6 is 0 Å². The maximum Gasteiger partial charge on any atom is 0.224 e. The molecule has 0 aromatic heterocycles. The monoisotopic (exact) mass is 238 g/mol. The van der Waals surface area contributed by atoms with E-state index in [0.29, 0.717) is 0 Å². The van der Waals surface area contributed by atoms with E-state index in [-0.39, 0.29) is 6.29 Å². The predicted octanol–water partition coefficient (Wildman–Crippen LogP) is 1.83. The van der Waals surface area contributed by atoms with Gasteiger partial charge in [0.2, 0.25) is 9.76 Å². The second-order valence-electron chi connectivity index (χ2n) is 3.28. The summed E-state index contributed by atoms with van der Waals surface area (Å²) in [5.74, 6) is 0.898. The van der Waals surface area contributed by atoms with Crippen molar-refractivity contribution in [2.24, 2.45) is 0 Å². The summed E-state index contributed by atoms with van der Waals surface area (Å²) in [4.78, 5) is 0. The van der Waals surface area contributed by atoms with Gasteiger partial charge in [0.25, 0.3) is 0 Å². The minimum Gasteiger partial charge on any atom is -0.549 e. The molecule has 0 aliphatic heterocycles. The molecule has 4 heteroatoms. The van der Waals surface area contributed by atoms with Gasteiger partial charge in [0.05, 0.1) is 0 Å². The molecule has 0 aliphatic rings. The molecule has 0 bridgehead atoms. The van der Waals surface area contributed by atoms with E-state index in [9.17, 15) is 0 Å². The van der Waals surface area contributed by atoms with E-state index in [2.05, 4.69) is 6.58 Å². The molecule has 0 radical (unpaired) electrons. The average Bonchev–Trinajstić information content (AvgIpc) is 2.35. The Labute approximate surface area is 99.0 Å². The summed E-state index contributed by atoms with van der Waals surface area (Å²) in [6, 6.07) is 8.71. The molecule has 0 saturated heterocycles. The Balaban J connectivity index is 2.45. The van der Waals surface area contributed by atoms with Crippen LogP contribution in [0, 0.1) is 0 Å².